The van der Waals surface area contributed by atoms with Crippen LogP contribution >= 0.6 is 45.7 Å². The minimum Gasteiger partial charge on any atom is -0.121 e. The van der Waals surface area contributed by atoms with E-state index in [1.54, 1.807) is 0 Å². The summed E-state index contributed by atoms with van der Waals surface area (Å²) in [6.45, 7) is 0. The van der Waals surface area contributed by atoms with Gasteiger partial charge in [0.25, 0.3) is 0 Å². The van der Waals surface area contributed by atoms with Gasteiger partial charge >= 0.3 is 0 Å². The average Bonchev–Trinajstić information content (AvgIpc) is 2.26. The molecule has 3 heteroatoms. The summed E-state index contributed by atoms with van der Waals surface area (Å²) >= 11 is 1.92. The maximum Gasteiger partial charge on any atom is 0.0164 e. The fraction of sp³-hybridized carbons (Fsp3) is 0.0769. The summed E-state index contributed by atoms with van der Waals surface area (Å²) in [5.74, 6) is 1.10. The van der Waals surface area contributed by atoms with Gasteiger partial charge in [-0.2, -0.15) is 0 Å². The van der Waals surface area contributed by atoms with Crippen molar-refractivity contribution >= 4 is 62.6 Å². The first-order chi connectivity index (χ1) is 6.93. The Labute approximate surface area is 121 Å². The fourth-order valence-corrected chi connectivity index (χ4v) is 2.68. The van der Waals surface area contributed by atoms with Gasteiger partial charge in [-0.15, -0.1) is 45.7 Å². The van der Waals surface area contributed by atoms with Crippen molar-refractivity contribution in [2.45, 2.75) is 4.90 Å². The predicted octanol–water partition coefficient (Wildman–Crippen LogP) is 5.11. The normalized spacial score (nSPS) is 12.5. The second-order valence-electron chi connectivity index (χ2n) is 3.45. The molecular weight excluding hydrogens is 348 g/mol. The van der Waals surface area contributed by atoms with Gasteiger partial charge in [0.15, 0.2) is 0 Å². The Balaban J connectivity index is 0.000000640. The summed E-state index contributed by atoms with van der Waals surface area (Å²) in [5, 5.41) is 2.67. The first-order valence-corrected chi connectivity index (χ1v) is 5.74. The largest absolute Gasteiger partial charge is 0.121 e. The van der Waals surface area contributed by atoms with Gasteiger partial charge in [-0.25, -0.2) is 0 Å². The van der Waals surface area contributed by atoms with Crippen LogP contribution in [0.5, 0.6) is 0 Å². The molecule has 0 nitrogen and oxygen atoms in total. The lowest BCUT2D eigenvalue weighted by atomic mass is 10.1. The number of hydrogen-bond acceptors (Lipinski definition) is 1. The predicted molar refractivity (Wildman–Crippen MR) is 84.4 cm³/mol. The van der Waals surface area contributed by atoms with Crippen molar-refractivity contribution in [1.82, 2.24) is 0 Å². The summed E-state index contributed by atoms with van der Waals surface area (Å²) in [6, 6.07) is 13.1. The van der Waals surface area contributed by atoms with Crippen LogP contribution in [-0.2, 0) is 0 Å². The van der Waals surface area contributed by atoms with E-state index >= 15 is 0 Å². The van der Waals surface area contributed by atoms with Crippen LogP contribution in [0, 0.1) is 0 Å². The smallest absolute Gasteiger partial charge is 0.0164 e. The Morgan fingerprint density at radius 2 is 1.62 bits per heavy atom. The van der Waals surface area contributed by atoms with Gasteiger partial charge < -0.3 is 0 Å². The Morgan fingerprint density at radius 3 is 2.38 bits per heavy atom. The van der Waals surface area contributed by atoms with E-state index < -0.39 is 0 Å². The van der Waals surface area contributed by atoms with Gasteiger partial charge in [-0.05, 0) is 28.5 Å². The fourth-order valence-electron chi connectivity index (χ4n) is 1.81. The number of fused-ring (bicyclic) bond motifs is 2. The quantitative estimate of drug-likeness (QED) is 0.629. The van der Waals surface area contributed by atoms with Crippen molar-refractivity contribution in [2.24, 2.45) is 0 Å². The van der Waals surface area contributed by atoms with Crippen LogP contribution in [0.25, 0.3) is 16.8 Å². The van der Waals surface area contributed by atoms with Crippen LogP contribution in [-0.4, -0.2) is 5.75 Å². The van der Waals surface area contributed by atoms with Crippen LogP contribution < -0.4 is 0 Å². The third kappa shape index (κ3) is 2.53. The number of benzene rings is 2. The van der Waals surface area contributed by atoms with E-state index in [2.05, 4.69) is 48.6 Å². The summed E-state index contributed by atoms with van der Waals surface area (Å²) in [7, 11) is 0. The molecule has 0 aliphatic carbocycles. The second-order valence-corrected chi connectivity index (χ2v) is 4.51. The molecule has 3 rings (SSSR count). The highest BCUT2D eigenvalue weighted by Crippen LogP contribution is 2.31. The molecule has 84 valence electrons. The topological polar surface area (TPSA) is 0 Å². The highest BCUT2D eigenvalue weighted by molar-refractivity contribution is 8.93. The van der Waals surface area contributed by atoms with Crippen molar-refractivity contribution < 1.29 is 0 Å². The molecule has 0 amide bonds. The van der Waals surface area contributed by atoms with E-state index in [1.807, 2.05) is 11.8 Å². The highest BCUT2D eigenvalue weighted by Gasteiger charge is 2.05. The third-order valence-electron chi connectivity index (χ3n) is 2.51. The lowest BCUT2D eigenvalue weighted by Crippen LogP contribution is -1.87. The Morgan fingerprint density at radius 1 is 0.938 bits per heavy atom. The monoisotopic (exact) mass is 358 g/mol. The number of rotatable bonds is 0. The molecule has 0 saturated heterocycles. The van der Waals surface area contributed by atoms with Gasteiger partial charge in [0.2, 0.25) is 0 Å². The van der Waals surface area contributed by atoms with Crippen LogP contribution in [0.2, 0.25) is 0 Å². The molecule has 0 saturated carbocycles. The van der Waals surface area contributed by atoms with Gasteiger partial charge in [-0.3, -0.25) is 0 Å². The van der Waals surface area contributed by atoms with Crippen molar-refractivity contribution in [3.05, 3.63) is 48.0 Å². The minimum absolute atomic E-state index is 0. The molecule has 0 spiro atoms. The molecule has 1 heterocycles. The van der Waals surface area contributed by atoms with Crippen molar-refractivity contribution in [3.8, 4) is 0 Å². The molecule has 0 unspecified atom stereocenters. The summed E-state index contributed by atoms with van der Waals surface area (Å²) in [5.41, 5.74) is 1.36. The minimum atomic E-state index is 0. The zero-order chi connectivity index (χ0) is 9.38. The lowest BCUT2D eigenvalue weighted by molar-refractivity contribution is 1.44. The standard InChI is InChI=1S/C13H10S.2BrH/c1-2-5-11-9-13-12(6-3-7-14-13)8-10(11)4-1;;/h1-6,8-9H,7H2;2*1H. The van der Waals surface area contributed by atoms with Gasteiger partial charge in [0.1, 0.15) is 0 Å². The van der Waals surface area contributed by atoms with E-state index in [1.165, 1.54) is 21.2 Å². The molecule has 0 radical (unpaired) electrons. The second kappa shape index (κ2) is 5.89. The van der Waals surface area contributed by atoms with Crippen LogP contribution in [0.15, 0.2) is 47.4 Å². The number of thioether (sulfide) groups is 1. The molecule has 0 fully saturated rings. The summed E-state index contributed by atoms with van der Waals surface area (Å²) < 4.78 is 0. The molecule has 0 N–H and O–H groups in total. The molecule has 16 heavy (non-hydrogen) atoms. The van der Waals surface area contributed by atoms with Crippen LogP contribution in [0.3, 0.4) is 0 Å². The average molecular weight is 360 g/mol. The molecule has 0 aromatic heterocycles. The summed E-state index contributed by atoms with van der Waals surface area (Å²) in [6.07, 6.45) is 4.44. The van der Waals surface area contributed by atoms with Crippen LogP contribution in [0.4, 0.5) is 0 Å². The lowest BCUT2D eigenvalue weighted by Gasteiger charge is -2.10. The molecular formula is C13H12Br2S. The molecule has 1 aliphatic heterocycles. The first kappa shape index (κ1) is 13.8. The molecule has 0 bridgehead atoms. The molecule has 2 aromatic carbocycles. The SMILES string of the molecule is Br.Br.C1=Cc2cc3ccccc3cc2SC1. The zero-order valence-corrected chi connectivity index (χ0v) is 12.8. The van der Waals surface area contributed by atoms with Gasteiger partial charge in [0.05, 0.1) is 0 Å². The van der Waals surface area contributed by atoms with Gasteiger partial charge in [0, 0.05) is 10.6 Å². The van der Waals surface area contributed by atoms with Crippen molar-refractivity contribution in [2.75, 3.05) is 5.75 Å². The Kier molecular flexibility index (Phi) is 5.09. The van der Waals surface area contributed by atoms with Crippen molar-refractivity contribution in [3.63, 3.8) is 0 Å². The Hall–Kier alpha value is -0.250. The number of halogens is 2. The first-order valence-electron chi connectivity index (χ1n) is 4.76. The number of hydrogen-bond donors (Lipinski definition) is 0. The maximum atomic E-state index is 2.29. The van der Waals surface area contributed by atoms with E-state index in [0.29, 0.717) is 0 Å². The van der Waals surface area contributed by atoms with E-state index in [9.17, 15) is 0 Å². The third-order valence-corrected chi connectivity index (χ3v) is 3.53. The molecule has 2 aromatic rings. The molecule has 1 aliphatic rings. The maximum absolute atomic E-state index is 2.29. The van der Waals surface area contributed by atoms with E-state index in [-0.39, 0.29) is 34.0 Å². The zero-order valence-electron chi connectivity index (χ0n) is 8.55. The summed E-state index contributed by atoms with van der Waals surface area (Å²) in [4.78, 5) is 1.41. The van der Waals surface area contributed by atoms with Crippen molar-refractivity contribution in [1.29, 1.82) is 0 Å². The van der Waals surface area contributed by atoms with Crippen LogP contribution in [0.1, 0.15) is 5.56 Å². The Bertz CT molecular complexity index is 520. The van der Waals surface area contributed by atoms with Gasteiger partial charge in [-0.1, -0.05) is 36.4 Å². The molecule has 0 atom stereocenters. The van der Waals surface area contributed by atoms with E-state index in [4.69, 9.17) is 0 Å². The highest BCUT2D eigenvalue weighted by atomic mass is 79.9. The van der Waals surface area contributed by atoms with E-state index in [0.717, 1.165) is 5.75 Å².